The van der Waals surface area contributed by atoms with Crippen LogP contribution in [0.4, 0.5) is 0 Å². The lowest BCUT2D eigenvalue weighted by Gasteiger charge is -2.28. The Morgan fingerprint density at radius 3 is 2.69 bits per heavy atom. The SMILES string of the molecule is Cc1cccnc1C(=O)NC(C)(C)C(C)Cl. The van der Waals surface area contributed by atoms with Crippen LogP contribution in [0, 0.1) is 6.92 Å². The fourth-order valence-electron chi connectivity index (χ4n) is 1.17. The van der Waals surface area contributed by atoms with Gasteiger partial charge in [-0.3, -0.25) is 9.78 Å². The topological polar surface area (TPSA) is 42.0 Å². The summed E-state index contributed by atoms with van der Waals surface area (Å²) < 4.78 is 0. The molecule has 0 aliphatic rings. The summed E-state index contributed by atoms with van der Waals surface area (Å²) in [4.78, 5) is 16.0. The van der Waals surface area contributed by atoms with E-state index in [0.717, 1.165) is 5.56 Å². The second-order valence-electron chi connectivity index (χ2n) is 4.46. The van der Waals surface area contributed by atoms with Crippen LogP contribution in [-0.2, 0) is 0 Å². The lowest BCUT2D eigenvalue weighted by atomic mass is 10.0. The van der Waals surface area contributed by atoms with Gasteiger partial charge in [-0.25, -0.2) is 0 Å². The van der Waals surface area contributed by atoms with Gasteiger partial charge >= 0.3 is 0 Å². The number of alkyl halides is 1. The van der Waals surface area contributed by atoms with E-state index in [1.165, 1.54) is 0 Å². The fraction of sp³-hybridized carbons (Fsp3) is 0.500. The highest BCUT2D eigenvalue weighted by Crippen LogP contribution is 2.15. The highest BCUT2D eigenvalue weighted by molar-refractivity contribution is 6.21. The highest BCUT2D eigenvalue weighted by Gasteiger charge is 2.27. The van der Waals surface area contributed by atoms with Gasteiger partial charge in [0, 0.05) is 6.20 Å². The molecular formula is C12H17ClN2O. The predicted octanol–water partition coefficient (Wildman–Crippen LogP) is 2.53. The second kappa shape index (κ2) is 4.83. The lowest BCUT2D eigenvalue weighted by molar-refractivity contribution is 0.0906. The molecule has 0 fully saturated rings. The van der Waals surface area contributed by atoms with E-state index < -0.39 is 5.54 Å². The zero-order chi connectivity index (χ0) is 12.3. The number of aromatic nitrogens is 1. The maximum absolute atomic E-state index is 12.0. The lowest BCUT2D eigenvalue weighted by Crippen LogP contribution is -2.49. The number of carbonyl (C=O) groups is 1. The van der Waals surface area contributed by atoms with Crippen LogP contribution in [0.5, 0.6) is 0 Å². The molecule has 1 heterocycles. The molecule has 1 rings (SSSR count). The van der Waals surface area contributed by atoms with E-state index in [2.05, 4.69) is 10.3 Å². The van der Waals surface area contributed by atoms with E-state index >= 15 is 0 Å². The van der Waals surface area contributed by atoms with Crippen LogP contribution in [0.3, 0.4) is 0 Å². The largest absolute Gasteiger partial charge is 0.344 e. The van der Waals surface area contributed by atoms with Crippen molar-refractivity contribution in [3.63, 3.8) is 0 Å². The van der Waals surface area contributed by atoms with E-state index in [9.17, 15) is 4.79 Å². The molecule has 1 amide bonds. The van der Waals surface area contributed by atoms with Crippen molar-refractivity contribution in [2.75, 3.05) is 0 Å². The number of halogens is 1. The van der Waals surface area contributed by atoms with Crippen molar-refractivity contribution in [3.8, 4) is 0 Å². The second-order valence-corrected chi connectivity index (χ2v) is 5.12. The number of hydrogen-bond donors (Lipinski definition) is 1. The van der Waals surface area contributed by atoms with Crippen LogP contribution in [0.15, 0.2) is 18.3 Å². The van der Waals surface area contributed by atoms with Gasteiger partial charge in [0.25, 0.3) is 5.91 Å². The fourth-order valence-corrected chi connectivity index (χ4v) is 1.23. The van der Waals surface area contributed by atoms with Crippen molar-refractivity contribution in [1.29, 1.82) is 0 Å². The van der Waals surface area contributed by atoms with Crippen LogP contribution in [0.25, 0.3) is 0 Å². The Morgan fingerprint density at radius 2 is 2.19 bits per heavy atom. The Kier molecular flexibility index (Phi) is 3.92. The summed E-state index contributed by atoms with van der Waals surface area (Å²) in [5.41, 5.74) is 0.855. The smallest absolute Gasteiger partial charge is 0.270 e. The zero-order valence-corrected chi connectivity index (χ0v) is 10.8. The number of hydrogen-bond acceptors (Lipinski definition) is 2. The number of rotatable bonds is 3. The maximum Gasteiger partial charge on any atom is 0.270 e. The third kappa shape index (κ3) is 2.95. The van der Waals surface area contributed by atoms with Crippen molar-refractivity contribution in [3.05, 3.63) is 29.6 Å². The normalized spacial score (nSPS) is 13.3. The van der Waals surface area contributed by atoms with Gasteiger partial charge in [0.2, 0.25) is 0 Å². The molecule has 0 aromatic carbocycles. The highest BCUT2D eigenvalue weighted by atomic mass is 35.5. The van der Waals surface area contributed by atoms with Gasteiger partial charge in [0.15, 0.2) is 0 Å². The maximum atomic E-state index is 12.0. The quantitative estimate of drug-likeness (QED) is 0.825. The van der Waals surface area contributed by atoms with Gasteiger partial charge in [0.05, 0.1) is 10.9 Å². The number of amides is 1. The first-order valence-electron chi connectivity index (χ1n) is 5.23. The summed E-state index contributed by atoms with van der Waals surface area (Å²) in [6.07, 6.45) is 1.61. The van der Waals surface area contributed by atoms with Gasteiger partial charge in [-0.2, -0.15) is 0 Å². The summed E-state index contributed by atoms with van der Waals surface area (Å²) in [5.74, 6) is -0.185. The molecular weight excluding hydrogens is 224 g/mol. The molecule has 0 saturated heterocycles. The number of carbonyl (C=O) groups excluding carboxylic acids is 1. The molecule has 1 unspecified atom stereocenters. The van der Waals surface area contributed by atoms with Crippen molar-refractivity contribution in [2.24, 2.45) is 0 Å². The van der Waals surface area contributed by atoms with Gasteiger partial charge < -0.3 is 5.32 Å². The summed E-state index contributed by atoms with van der Waals surface area (Å²) in [5, 5.41) is 2.73. The van der Waals surface area contributed by atoms with E-state index in [-0.39, 0.29) is 11.3 Å². The molecule has 1 aromatic rings. The van der Waals surface area contributed by atoms with Crippen molar-refractivity contribution in [1.82, 2.24) is 10.3 Å². The Hall–Kier alpha value is -1.09. The molecule has 4 heteroatoms. The molecule has 1 N–H and O–H groups in total. The average molecular weight is 241 g/mol. The van der Waals surface area contributed by atoms with Gasteiger partial charge in [-0.05, 0) is 39.3 Å². The molecule has 1 aromatic heterocycles. The number of aryl methyl sites for hydroxylation is 1. The number of nitrogens with zero attached hydrogens (tertiary/aromatic N) is 1. The van der Waals surface area contributed by atoms with Gasteiger partial charge in [0.1, 0.15) is 5.69 Å². The molecule has 0 aliphatic carbocycles. The van der Waals surface area contributed by atoms with E-state index in [1.54, 1.807) is 12.3 Å². The van der Waals surface area contributed by atoms with Crippen molar-refractivity contribution in [2.45, 2.75) is 38.6 Å². The monoisotopic (exact) mass is 240 g/mol. The number of pyridine rings is 1. The minimum Gasteiger partial charge on any atom is -0.344 e. The first-order chi connectivity index (χ1) is 7.34. The van der Waals surface area contributed by atoms with E-state index in [0.29, 0.717) is 5.69 Å². The Balaban J connectivity index is 2.85. The van der Waals surface area contributed by atoms with Gasteiger partial charge in [-0.15, -0.1) is 11.6 Å². The summed E-state index contributed by atoms with van der Waals surface area (Å²) in [7, 11) is 0. The van der Waals surface area contributed by atoms with Crippen LogP contribution in [0.1, 0.15) is 36.8 Å². The molecule has 0 bridgehead atoms. The van der Waals surface area contributed by atoms with E-state index in [4.69, 9.17) is 11.6 Å². The molecule has 16 heavy (non-hydrogen) atoms. The van der Waals surface area contributed by atoms with Crippen LogP contribution in [0.2, 0.25) is 0 Å². The zero-order valence-electron chi connectivity index (χ0n) is 10.0. The molecule has 0 spiro atoms. The molecule has 0 aliphatic heterocycles. The Labute approximate surface area is 101 Å². The Bertz CT molecular complexity index is 388. The van der Waals surface area contributed by atoms with Crippen LogP contribution < -0.4 is 5.32 Å². The minimum atomic E-state index is -0.456. The molecule has 0 radical (unpaired) electrons. The van der Waals surface area contributed by atoms with E-state index in [1.807, 2.05) is 33.8 Å². The average Bonchev–Trinajstić information content (AvgIpc) is 2.17. The summed E-state index contributed by atoms with van der Waals surface area (Å²) in [6.45, 7) is 7.49. The molecule has 88 valence electrons. The molecule has 1 atom stereocenters. The predicted molar refractivity (Wildman–Crippen MR) is 65.8 cm³/mol. The van der Waals surface area contributed by atoms with Crippen LogP contribution >= 0.6 is 11.6 Å². The first-order valence-corrected chi connectivity index (χ1v) is 5.66. The molecule has 3 nitrogen and oxygen atoms in total. The minimum absolute atomic E-state index is 0.152. The summed E-state index contributed by atoms with van der Waals surface area (Å²) >= 11 is 6.01. The Morgan fingerprint density at radius 1 is 1.56 bits per heavy atom. The third-order valence-electron chi connectivity index (χ3n) is 2.65. The number of nitrogens with one attached hydrogen (secondary N) is 1. The first kappa shape index (κ1) is 13.0. The summed E-state index contributed by atoms with van der Waals surface area (Å²) in [6, 6.07) is 3.67. The van der Waals surface area contributed by atoms with Crippen LogP contribution in [-0.4, -0.2) is 21.8 Å². The van der Waals surface area contributed by atoms with Gasteiger partial charge in [-0.1, -0.05) is 6.07 Å². The standard InChI is InChI=1S/C12H17ClN2O/c1-8-6-5-7-14-10(8)11(16)15-12(3,4)9(2)13/h5-7,9H,1-4H3,(H,15,16). The third-order valence-corrected chi connectivity index (χ3v) is 3.20. The molecule has 0 saturated carbocycles. The van der Waals surface area contributed by atoms with Crippen molar-refractivity contribution < 1.29 is 4.79 Å². The van der Waals surface area contributed by atoms with Crippen molar-refractivity contribution >= 4 is 17.5 Å².